The molecule has 0 aliphatic carbocycles. The van der Waals surface area contributed by atoms with Gasteiger partial charge >= 0.3 is 0 Å². The molecule has 0 spiro atoms. The van der Waals surface area contributed by atoms with Crippen LogP contribution in [0, 0.1) is 12.7 Å². The zero-order valence-corrected chi connectivity index (χ0v) is 10.4. The molecule has 2 aliphatic rings. The van der Waals surface area contributed by atoms with Crippen molar-refractivity contribution in [1.29, 1.82) is 0 Å². The number of nitrogens with one attached hydrogen (secondary N) is 1. The number of morpholine rings is 1. The quantitative estimate of drug-likeness (QED) is 0.794. The minimum atomic E-state index is -1.07. The second-order valence-electron chi connectivity index (χ2n) is 5.47. The van der Waals surface area contributed by atoms with Gasteiger partial charge < -0.3 is 15.2 Å². The van der Waals surface area contributed by atoms with Crippen LogP contribution in [0.3, 0.4) is 0 Å². The Bertz CT molecular complexity index is 451. The smallest absolute Gasteiger partial charge is 0.132 e. The molecule has 2 atom stereocenters. The molecule has 0 aromatic heterocycles. The molecule has 3 nitrogen and oxygen atoms in total. The molecular weight excluding hydrogens is 233 g/mol. The third-order valence-electron chi connectivity index (χ3n) is 3.97. The average molecular weight is 251 g/mol. The number of fused-ring (bicyclic) bond motifs is 2. The highest BCUT2D eigenvalue weighted by Crippen LogP contribution is 2.38. The van der Waals surface area contributed by atoms with Crippen molar-refractivity contribution in [2.75, 3.05) is 13.2 Å². The number of aryl methyl sites for hydroxylation is 1. The summed E-state index contributed by atoms with van der Waals surface area (Å²) in [5, 5.41) is 14.2. The normalized spacial score (nSPS) is 35.5. The topological polar surface area (TPSA) is 41.5 Å². The van der Waals surface area contributed by atoms with Gasteiger partial charge in [-0.05, 0) is 25.3 Å². The standard InChI is InChI=1S/C14H18FNO2/c1-9-3-2-4-12(13(9)15)14(17)5-10-7-18-8-11(6-14)16-10/h2-4,10-11,16-17H,5-8H2,1H3. The summed E-state index contributed by atoms with van der Waals surface area (Å²) in [5.74, 6) is -0.277. The first-order valence-electron chi connectivity index (χ1n) is 6.40. The van der Waals surface area contributed by atoms with Crippen LogP contribution in [0.15, 0.2) is 18.2 Å². The van der Waals surface area contributed by atoms with Crippen LogP contribution in [-0.2, 0) is 10.3 Å². The summed E-state index contributed by atoms with van der Waals surface area (Å²) >= 11 is 0. The SMILES string of the molecule is Cc1cccc(C2(O)CC3COCC(C2)N3)c1F. The van der Waals surface area contributed by atoms with Gasteiger partial charge in [-0.15, -0.1) is 0 Å². The molecule has 0 amide bonds. The number of halogens is 1. The predicted molar refractivity (Wildman–Crippen MR) is 65.8 cm³/mol. The molecule has 3 rings (SSSR count). The summed E-state index contributed by atoms with van der Waals surface area (Å²) in [7, 11) is 0. The maximum absolute atomic E-state index is 14.2. The van der Waals surface area contributed by atoms with Crippen molar-refractivity contribution in [3.63, 3.8) is 0 Å². The van der Waals surface area contributed by atoms with Gasteiger partial charge in [-0.3, -0.25) is 0 Å². The minimum absolute atomic E-state index is 0.113. The van der Waals surface area contributed by atoms with Crippen LogP contribution in [0.4, 0.5) is 4.39 Å². The van der Waals surface area contributed by atoms with E-state index in [1.165, 1.54) is 0 Å². The number of benzene rings is 1. The third kappa shape index (κ3) is 1.94. The first kappa shape index (κ1) is 12.1. The summed E-state index contributed by atoms with van der Waals surface area (Å²) < 4.78 is 19.6. The van der Waals surface area contributed by atoms with Crippen LogP contribution < -0.4 is 5.32 Å². The van der Waals surface area contributed by atoms with E-state index in [2.05, 4.69) is 5.32 Å². The van der Waals surface area contributed by atoms with Crippen LogP contribution in [-0.4, -0.2) is 30.4 Å². The van der Waals surface area contributed by atoms with E-state index in [1.54, 1.807) is 25.1 Å². The number of rotatable bonds is 1. The Hall–Kier alpha value is -0.970. The van der Waals surface area contributed by atoms with Gasteiger partial charge in [-0.1, -0.05) is 18.2 Å². The minimum Gasteiger partial charge on any atom is -0.385 e. The molecule has 0 saturated carbocycles. The van der Waals surface area contributed by atoms with E-state index >= 15 is 0 Å². The molecule has 2 unspecified atom stereocenters. The lowest BCUT2D eigenvalue weighted by atomic mass is 9.77. The molecule has 2 bridgehead atoms. The number of piperidine rings is 1. The molecule has 1 aromatic carbocycles. The second-order valence-corrected chi connectivity index (χ2v) is 5.47. The number of ether oxygens (including phenoxy) is 1. The molecule has 2 fully saturated rings. The Morgan fingerprint density at radius 1 is 1.33 bits per heavy atom. The van der Waals surface area contributed by atoms with Gasteiger partial charge in [0.1, 0.15) is 5.82 Å². The molecule has 2 saturated heterocycles. The van der Waals surface area contributed by atoms with E-state index in [1.807, 2.05) is 0 Å². The van der Waals surface area contributed by atoms with Gasteiger partial charge in [0.25, 0.3) is 0 Å². The fourth-order valence-corrected chi connectivity index (χ4v) is 3.14. The van der Waals surface area contributed by atoms with Gasteiger partial charge in [0.15, 0.2) is 0 Å². The van der Waals surface area contributed by atoms with Crippen molar-refractivity contribution in [1.82, 2.24) is 5.32 Å². The fraction of sp³-hybridized carbons (Fsp3) is 0.571. The van der Waals surface area contributed by atoms with Crippen molar-refractivity contribution in [3.05, 3.63) is 35.1 Å². The van der Waals surface area contributed by atoms with Gasteiger partial charge in [0, 0.05) is 17.6 Å². The van der Waals surface area contributed by atoms with Gasteiger partial charge in [-0.2, -0.15) is 0 Å². The summed E-state index contributed by atoms with van der Waals surface area (Å²) in [4.78, 5) is 0. The number of aliphatic hydroxyl groups is 1. The molecular formula is C14H18FNO2. The Labute approximate surface area is 106 Å². The summed E-state index contributed by atoms with van der Waals surface area (Å²) in [6, 6.07) is 5.46. The maximum Gasteiger partial charge on any atom is 0.132 e. The number of hydrogen-bond donors (Lipinski definition) is 2. The molecule has 18 heavy (non-hydrogen) atoms. The molecule has 2 N–H and O–H groups in total. The number of hydrogen-bond acceptors (Lipinski definition) is 3. The van der Waals surface area contributed by atoms with Crippen LogP contribution in [0.1, 0.15) is 24.0 Å². The predicted octanol–water partition coefficient (Wildman–Crippen LogP) is 1.47. The molecule has 4 heteroatoms. The first-order chi connectivity index (χ1) is 8.58. The highest BCUT2D eigenvalue weighted by Gasteiger charge is 2.43. The monoisotopic (exact) mass is 251 g/mol. The Kier molecular flexibility index (Phi) is 2.88. The highest BCUT2D eigenvalue weighted by atomic mass is 19.1. The van der Waals surface area contributed by atoms with Crippen LogP contribution in [0.5, 0.6) is 0 Å². The van der Waals surface area contributed by atoms with E-state index in [4.69, 9.17) is 4.74 Å². The molecule has 98 valence electrons. The zero-order valence-electron chi connectivity index (χ0n) is 10.4. The van der Waals surface area contributed by atoms with Crippen molar-refractivity contribution in [3.8, 4) is 0 Å². The van der Waals surface area contributed by atoms with Gasteiger partial charge in [0.2, 0.25) is 0 Å². The largest absolute Gasteiger partial charge is 0.385 e. The average Bonchev–Trinajstić information content (AvgIpc) is 2.32. The van der Waals surface area contributed by atoms with Crippen molar-refractivity contribution in [2.24, 2.45) is 0 Å². The van der Waals surface area contributed by atoms with Crippen LogP contribution >= 0.6 is 0 Å². The van der Waals surface area contributed by atoms with Crippen LogP contribution in [0.2, 0.25) is 0 Å². The summed E-state index contributed by atoms with van der Waals surface area (Å²) in [6.45, 7) is 2.91. The third-order valence-corrected chi connectivity index (χ3v) is 3.97. The lowest BCUT2D eigenvalue weighted by molar-refractivity contribution is -0.0818. The van der Waals surface area contributed by atoms with Crippen molar-refractivity contribution >= 4 is 0 Å². The van der Waals surface area contributed by atoms with Crippen molar-refractivity contribution < 1.29 is 14.2 Å². The van der Waals surface area contributed by atoms with E-state index in [-0.39, 0.29) is 17.9 Å². The van der Waals surface area contributed by atoms with Crippen molar-refractivity contribution in [2.45, 2.75) is 37.5 Å². The maximum atomic E-state index is 14.2. The van der Waals surface area contributed by atoms with E-state index in [0.29, 0.717) is 37.2 Å². The first-order valence-corrected chi connectivity index (χ1v) is 6.40. The van der Waals surface area contributed by atoms with E-state index in [9.17, 15) is 9.50 Å². The Morgan fingerprint density at radius 2 is 2.00 bits per heavy atom. The molecule has 2 heterocycles. The Balaban J connectivity index is 1.96. The van der Waals surface area contributed by atoms with E-state index < -0.39 is 5.60 Å². The second kappa shape index (κ2) is 4.30. The molecule has 0 radical (unpaired) electrons. The molecule has 2 aliphatic heterocycles. The summed E-state index contributed by atoms with van der Waals surface area (Å²) in [6.07, 6.45) is 1.01. The highest BCUT2D eigenvalue weighted by molar-refractivity contribution is 5.31. The molecule has 1 aromatic rings. The Morgan fingerprint density at radius 3 is 2.67 bits per heavy atom. The fourth-order valence-electron chi connectivity index (χ4n) is 3.14. The lowest BCUT2D eigenvalue weighted by Crippen LogP contribution is -2.58. The van der Waals surface area contributed by atoms with E-state index in [0.717, 1.165) is 0 Å². The van der Waals surface area contributed by atoms with Gasteiger partial charge in [0.05, 0.1) is 18.8 Å². The van der Waals surface area contributed by atoms with Gasteiger partial charge in [-0.25, -0.2) is 4.39 Å². The summed E-state index contributed by atoms with van der Waals surface area (Å²) in [5.41, 5.74) is -0.0535. The zero-order chi connectivity index (χ0) is 12.8. The van der Waals surface area contributed by atoms with Crippen LogP contribution in [0.25, 0.3) is 0 Å². The lowest BCUT2D eigenvalue weighted by Gasteiger charge is -2.45.